The highest BCUT2D eigenvalue weighted by Gasteiger charge is 2.10. The Kier molecular flexibility index (Phi) is 7.71. The second-order valence-corrected chi connectivity index (χ2v) is 5.04. The molecule has 0 aliphatic carbocycles. The van der Waals surface area contributed by atoms with Gasteiger partial charge in [-0.25, -0.2) is 0 Å². The van der Waals surface area contributed by atoms with Gasteiger partial charge in [0.25, 0.3) is 0 Å². The molecule has 1 atom stereocenters. The van der Waals surface area contributed by atoms with Crippen LogP contribution in [0.2, 0.25) is 0 Å². The molecule has 1 aromatic carbocycles. The SMILES string of the molecule is CCCCCN(C)CC(O)COc1ccccc1C#N. The first-order chi connectivity index (χ1) is 9.67. The molecule has 20 heavy (non-hydrogen) atoms. The van der Waals surface area contributed by atoms with Gasteiger partial charge in [0.15, 0.2) is 0 Å². The lowest BCUT2D eigenvalue weighted by Gasteiger charge is -2.20. The summed E-state index contributed by atoms with van der Waals surface area (Å²) < 4.78 is 5.52. The zero-order valence-electron chi connectivity index (χ0n) is 12.4. The molecule has 0 aromatic heterocycles. The molecule has 0 saturated carbocycles. The summed E-state index contributed by atoms with van der Waals surface area (Å²) in [5, 5.41) is 18.9. The summed E-state index contributed by atoms with van der Waals surface area (Å²) in [5.41, 5.74) is 0.496. The molecule has 1 aromatic rings. The summed E-state index contributed by atoms with van der Waals surface area (Å²) in [6, 6.07) is 9.14. The van der Waals surface area contributed by atoms with E-state index in [9.17, 15) is 5.11 Å². The third-order valence-electron chi connectivity index (χ3n) is 3.10. The summed E-state index contributed by atoms with van der Waals surface area (Å²) in [5.74, 6) is 0.530. The maximum Gasteiger partial charge on any atom is 0.137 e. The minimum Gasteiger partial charge on any atom is -0.489 e. The average molecular weight is 276 g/mol. The topological polar surface area (TPSA) is 56.5 Å². The van der Waals surface area contributed by atoms with Gasteiger partial charge in [0, 0.05) is 6.54 Å². The van der Waals surface area contributed by atoms with Crippen LogP contribution in [-0.4, -0.2) is 42.9 Å². The molecule has 0 spiro atoms. The lowest BCUT2D eigenvalue weighted by atomic mass is 10.2. The maximum absolute atomic E-state index is 9.95. The third-order valence-corrected chi connectivity index (χ3v) is 3.10. The fourth-order valence-electron chi connectivity index (χ4n) is 2.01. The number of hydrogen-bond donors (Lipinski definition) is 1. The van der Waals surface area contributed by atoms with Gasteiger partial charge in [0.05, 0.1) is 5.56 Å². The van der Waals surface area contributed by atoms with Crippen LogP contribution in [0.3, 0.4) is 0 Å². The van der Waals surface area contributed by atoms with Crippen molar-refractivity contribution in [3.63, 3.8) is 0 Å². The second kappa shape index (κ2) is 9.35. The van der Waals surface area contributed by atoms with E-state index in [0.717, 1.165) is 13.0 Å². The van der Waals surface area contributed by atoms with E-state index in [1.807, 2.05) is 13.1 Å². The highest BCUT2D eigenvalue weighted by atomic mass is 16.5. The number of ether oxygens (including phenoxy) is 1. The fourth-order valence-corrected chi connectivity index (χ4v) is 2.01. The molecule has 1 unspecified atom stereocenters. The van der Waals surface area contributed by atoms with Gasteiger partial charge in [-0.3, -0.25) is 0 Å². The third kappa shape index (κ3) is 6.05. The van der Waals surface area contributed by atoms with E-state index < -0.39 is 6.10 Å². The number of hydrogen-bond acceptors (Lipinski definition) is 4. The van der Waals surface area contributed by atoms with Crippen molar-refractivity contribution in [2.24, 2.45) is 0 Å². The molecule has 0 aliphatic rings. The first-order valence-electron chi connectivity index (χ1n) is 7.16. The van der Waals surface area contributed by atoms with Crippen molar-refractivity contribution in [3.8, 4) is 11.8 Å². The van der Waals surface area contributed by atoms with Gasteiger partial charge in [-0.15, -0.1) is 0 Å². The Morgan fingerprint density at radius 2 is 2.10 bits per heavy atom. The maximum atomic E-state index is 9.95. The molecule has 0 aliphatic heterocycles. The Morgan fingerprint density at radius 3 is 2.80 bits per heavy atom. The Morgan fingerprint density at radius 1 is 1.35 bits per heavy atom. The van der Waals surface area contributed by atoms with Crippen molar-refractivity contribution < 1.29 is 9.84 Å². The number of aliphatic hydroxyl groups is 1. The number of likely N-dealkylation sites (N-methyl/N-ethyl adjacent to an activating group) is 1. The van der Waals surface area contributed by atoms with Crippen molar-refractivity contribution in [1.29, 1.82) is 5.26 Å². The summed E-state index contributed by atoms with van der Waals surface area (Å²) in [7, 11) is 2.00. The van der Waals surface area contributed by atoms with Crippen molar-refractivity contribution in [1.82, 2.24) is 4.90 Å². The fraction of sp³-hybridized carbons (Fsp3) is 0.562. The minimum atomic E-state index is -0.548. The quantitative estimate of drug-likeness (QED) is 0.704. The number of para-hydroxylation sites is 1. The van der Waals surface area contributed by atoms with Crippen LogP contribution in [0.15, 0.2) is 24.3 Å². The number of benzene rings is 1. The summed E-state index contributed by atoms with van der Waals surface area (Å²) >= 11 is 0. The van der Waals surface area contributed by atoms with Crippen LogP contribution in [0.25, 0.3) is 0 Å². The largest absolute Gasteiger partial charge is 0.489 e. The Hall–Kier alpha value is -1.57. The zero-order chi connectivity index (χ0) is 14.8. The molecule has 110 valence electrons. The highest BCUT2D eigenvalue weighted by molar-refractivity contribution is 5.42. The molecule has 0 heterocycles. The Labute approximate surface area is 121 Å². The van der Waals surface area contributed by atoms with Gasteiger partial charge in [-0.1, -0.05) is 31.9 Å². The highest BCUT2D eigenvalue weighted by Crippen LogP contribution is 2.16. The lowest BCUT2D eigenvalue weighted by Crippen LogP contribution is -2.33. The van der Waals surface area contributed by atoms with E-state index in [4.69, 9.17) is 10.00 Å². The summed E-state index contributed by atoms with van der Waals surface area (Å²) in [4.78, 5) is 2.11. The molecule has 4 nitrogen and oxygen atoms in total. The molecule has 0 amide bonds. The van der Waals surface area contributed by atoms with Crippen LogP contribution in [0.4, 0.5) is 0 Å². The second-order valence-electron chi connectivity index (χ2n) is 5.04. The van der Waals surface area contributed by atoms with Crippen LogP contribution >= 0.6 is 0 Å². The van der Waals surface area contributed by atoms with Crippen molar-refractivity contribution >= 4 is 0 Å². The van der Waals surface area contributed by atoms with E-state index in [-0.39, 0.29) is 6.61 Å². The predicted molar refractivity (Wildman–Crippen MR) is 79.7 cm³/mol. The number of nitriles is 1. The van der Waals surface area contributed by atoms with E-state index in [1.54, 1.807) is 18.2 Å². The molecule has 0 bridgehead atoms. The number of unbranched alkanes of at least 4 members (excludes halogenated alkanes) is 2. The van der Waals surface area contributed by atoms with Gasteiger partial charge >= 0.3 is 0 Å². The molecular weight excluding hydrogens is 252 g/mol. The van der Waals surface area contributed by atoms with Crippen molar-refractivity contribution in [3.05, 3.63) is 29.8 Å². The van der Waals surface area contributed by atoms with E-state index >= 15 is 0 Å². The van der Waals surface area contributed by atoms with Crippen LogP contribution in [-0.2, 0) is 0 Å². The molecule has 4 heteroatoms. The van der Waals surface area contributed by atoms with Crippen LogP contribution in [0.5, 0.6) is 5.75 Å². The van der Waals surface area contributed by atoms with Gasteiger partial charge in [0.2, 0.25) is 0 Å². The Bertz CT molecular complexity index is 429. The van der Waals surface area contributed by atoms with Crippen LogP contribution in [0, 0.1) is 11.3 Å². The molecule has 0 radical (unpaired) electrons. The first-order valence-corrected chi connectivity index (χ1v) is 7.16. The standard InChI is InChI=1S/C16H24N2O2/c1-3-4-7-10-18(2)12-15(19)13-20-16-9-6-5-8-14(16)11-17/h5-6,8-9,15,19H,3-4,7,10,12-13H2,1-2H3. The van der Waals surface area contributed by atoms with Gasteiger partial charge in [-0.2, -0.15) is 5.26 Å². The van der Waals surface area contributed by atoms with Crippen molar-refractivity contribution in [2.75, 3.05) is 26.7 Å². The average Bonchev–Trinajstić information content (AvgIpc) is 2.45. The van der Waals surface area contributed by atoms with Gasteiger partial charge in [0.1, 0.15) is 24.5 Å². The van der Waals surface area contributed by atoms with E-state index in [0.29, 0.717) is 17.9 Å². The normalized spacial score (nSPS) is 12.2. The summed E-state index contributed by atoms with van der Waals surface area (Å²) in [6.07, 6.45) is 3.02. The summed E-state index contributed by atoms with van der Waals surface area (Å²) in [6.45, 7) is 3.95. The number of aliphatic hydroxyl groups excluding tert-OH is 1. The zero-order valence-corrected chi connectivity index (χ0v) is 12.4. The molecule has 0 fully saturated rings. The number of nitrogens with zero attached hydrogens (tertiary/aromatic N) is 2. The van der Waals surface area contributed by atoms with E-state index in [1.165, 1.54) is 12.8 Å². The molecule has 0 saturated heterocycles. The lowest BCUT2D eigenvalue weighted by molar-refractivity contribution is 0.0758. The molecule has 1 rings (SSSR count). The van der Waals surface area contributed by atoms with E-state index in [2.05, 4.69) is 17.9 Å². The first kappa shape index (κ1) is 16.5. The monoisotopic (exact) mass is 276 g/mol. The number of rotatable bonds is 9. The Balaban J connectivity index is 2.32. The van der Waals surface area contributed by atoms with Crippen molar-refractivity contribution in [2.45, 2.75) is 32.3 Å². The van der Waals surface area contributed by atoms with Gasteiger partial charge < -0.3 is 14.7 Å². The minimum absolute atomic E-state index is 0.205. The molecular formula is C16H24N2O2. The van der Waals surface area contributed by atoms with Crippen LogP contribution < -0.4 is 4.74 Å². The molecule has 1 N–H and O–H groups in total. The predicted octanol–water partition coefficient (Wildman–Crippen LogP) is 2.42. The smallest absolute Gasteiger partial charge is 0.137 e. The van der Waals surface area contributed by atoms with Gasteiger partial charge in [-0.05, 0) is 32.1 Å². The van der Waals surface area contributed by atoms with Crippen LogP contribution in [0.1, 0.15) is 31.7 Å².